The van der Waals surface area contributed by atoms with Crippen LogP contribution in [-0.4, -0.2) is 22.6 Å². The van der Waals surface area contributed by atoms with Crippen LogP contribution in [0, 0.1) is 0 Å². The molecule has 0 atom stereocenters. The SMILES string of the molecule is CC(=O)Cc1ccc2c(c1)CN(C(C)C)C2=O. The number of fused-ring (bicyclic) bond motifs is 1. The predicted octanol–water partition coefficient (Wildman–Crippen LogP) is 2.18. The van der Waals surface area contributed by atoms with Crippen LogP contribution < -0.4 is 0 Å². The van der Waals surface area contributed by atoms with Crippen molar-refractivity contribution >= 4 is 11.7 Å². The molecule has 1 amide bonds. The maximum absolute atomic E-state index is 12.0. The minimum atomic E-state index is 0.101. The van der Waals surface area contributed by atoms with Gasteiger partial charge >= 0.3 is 0 Å². The van der Waals surface area contributed by atoms with Gasteiger partial charge in [0.25, 0.3) is 5.91 Å². The molecule has 0 fully saturated rings. The number of hydrogen-bond donors (Lipinski definition) is 0. The molecule has 0 unspecified atom stereocenters. The van der Waals surface area contributed by atoms with E-state index in [2.05, 4.69) is 0 Å². The zero-order valence-corrected chi connectivity index (χ0v) is 10.5. The molecule has 0 bridgehead atoms. The average Bonchev–Trinajstić information content (AvgIpc) is 2.55. The van der Waals surface area contributed by atoms with Gasteiger partial charge in [0, 0.05) is 24.6 Å². The summed E-state index contributed by atoms with van der Waals surface area (Å²) < 4.78 is 0. The first-order valence-electron chi connectivity index (χ1n) is 5.91. The molecule has 0 saturated heterocycles. The molecule has 1 aromatic carbocycles. The number of Topliss-reactive ketones (excluding diaryl/α,β-unsaturated/α-hetero) is 1. The van der Waals surface area contributed by atoms with Crippen molar-refractivity contribution in [2.24, 2.45) is 0 Å². The fraction of sp³-hybridized carbons (Fsp3) is 0.429. The van der Waals surface area contributed by atoms with Crippen LogP contribution in [0.2, 0.25) is 0 Å². The summed E-state index contributed by atoms with van der Waals surface area (Å²) in [5.74, 6) is 0.249. The Bertz CT molecular complexity index is 477. The summed E-state index contributed by atoms with van der Waals surface area (Å²) in [6, 6.07) is 5.92. The maximum atomic E-state index is 12.0. The third kappa shape index (κ3) is 2.23. The normalized spacial score (nSPS) is 14.4. The van der Waals surface area contributed by atoms with E-state index in [9.17, 15) is 9.59 Å². The molecule has 0 N–H and O–H groups in total. The van der Waals surface area contributed by atoms with Crippen LogP contribution in [-0.2, 0) is 17.8 Å². The second-order valence-electron chi connectivity index (χ2n) is 4.90. The lowest BCUT2D eigenvalue weighted by atomic mass is 10.0. The third-order valence-electron chi connectivity index (χ3n) is 3.08. The molecule has 1 aliphatic rings. The first-order chi connectivity index (χ1) is 7.99. The summed E-state index contributed by atoms with van der Waals surface area (Å²) >= 11 is 0. The quantitative estimate of drug-likeness (QED) is 0.799. The van der Waals surface area contributed by atoms with Crippen LogP contribution in [0.15, 0.2) is 18.2 Å². The summed E-state index contributed by atoms with van der Waals surface area (Å²) in [4.78, 5) is 25.0. The van der Waals surface area contributed by atoms with Gasteiger partial charge in [0.2, 0.25) is 0 Å². The largest absolute Gasteiger partial charge is 0.332 e. The molecular formula is C14H17NO2. The van der Waals surface area contributed by atoms with Gasteiger partial charge < -0.3 is 4.90 Å². The Hall–Kier alpha value is -1.64. The van der Waals surface area contributed by atoms with E-state index in [0.717, 1.165) is 16.7 Å². The van der Waals surface area contributed by atoms with Gasteiger partial charge in [-0.3, -0.25) is 9.59 Å². The highest BCUT2D eigenvalue weighted by atomic mass is 16.2. The molecule has 90 valence electrons. The van der Waals surface area contributed by atoms with Crippen molar-refractivity contribution in [3.8, 4) is 0 Å². The first kappa shape index (κ1) is 11.8. The van der Waals surface area contributed by atoms with Crippen molar-refractivity contribution < 1.29 is 9.59 Å². The monoisotopic (exact) mass is 231 g/mol. The standard InChI is InChI=1S/C14H17NO2/c1-9(2)15-8-12-7-11(6-10(3)16)4-5-13(12)14(15)17/h4-5,7,9H,6,8H2,1-3H3. The van der Waals surface area contributed by atoms with E-state index in [1.54, 1.807) is 6.92 Å². The zero-order chi connectivity index (χ0) is 12.6. The number of hydrogen-bond acceptors (Lipinski definition) is 2. The van der Waals surface area contributed by atoms with Crippen molar-refractivity contribution in [1.29, 1.82) is 0 Å². The molecular weight excluding hydrogens is 214 g/mol. The fourth-order valence-electron chi connectivity index (χ4n) is 2.21. The van der Waals surface area contributed by atoms with Crippen LogP contribution in [0.25, 0.3) is 0 Å². The smallest absolute Gasteiger partial charge is 0.254 e. The van der Waals surface area contributed by atoms with Gasteiger partial charge in [-0.2, -0.15) is 0 Å². The highest BCUT2D eigenvalue weighted by molar-refractivity contribution is 5.98. The van der Waals surface area contributed by atoms with E-state index in [4.69, 9.17) is 0 Å². The Kier molecular flexibility index (Phi) is 3.01. The lowest BCUT2D eigenvalue weighted by Gasteiger charge is -2.19. The number of benzene rings is 1. The fourth-order valence-corrected chi connectivity index (χ4v) is 2.21. The zero-order valence-electron chi connectivity index (χ0n) is 10.5. The summed E-state index contributed by atoms with van der Waals surface area (Å²) in [7, 11) is 0. The number of carbonyl (C=O) groups is 2. The van der Waals surface area contributed by atoms with Crippen LogP contribution in [0.5, 0.6) is 0 Å². The van der Waals surface area contributed by atoms with Crippen LogP contribution >= 0.6 is 0 Å². The number of amides is 1. The lowest BCUT2D eigenvalue weighted by Crippen LogP contribution is -2.30. The molecule has 0 aliphatic carbocycles. The molecule has 2 rings (SSSR count). The van der Waals surface area contributed by atoms with Crippen molar-refractivity contribution in [3.63, 3.8) is 0 Å². The van der Waals surface area contributed by atoms with Gasteiger partial charge in [-0.25, -0.2) is 0 Å². The van der Waals surface area contributed by atoms with Crippen molar-refractivity contribution in [2.45, 2.75) is 39.8 Å². The Labute approximate surface area is 101 Å². The van der Waals surface area contributed by atoms with E-state index in [1.807, 2.05) is 36.9 Å². The van der Waals surface area contributed by atoms with Crippen molar-refractivity contribution in [1.82, 2.24) is 4.90 Å². The second kappa shape index (κ2) is 4.32. The first-order valence-corrected chi connectivity index (χ1v) is 5.91. The van der Waals surface area contributed by atoms with Crippen molar-refractivity contribution in [3.05, 3.63) is 34.9 Å². The van der Waals surface area contributed by atoms with Gasteiger partial charge in [0.15, 0.2) is 0 Å². The Morgan fingerprint density at radius 3 is 2.71 bits per heavy atom. The van der Waals surface area contributed by atoms with Gasteiger partial charge in [-0.1, -0.05) is 12.1 Å². The molecule has 1 heterocycles. The number of nitrogens with zero attached hydrogens (tertiary/aromatic N) is 1. The number of carbonyl (C=O) groups excluding carboxylic acids is 2. The molecule has 0 spiro atoms. The minimum absolute atomic E-state index is 0.101. The van der Waals surface area contributed by atoms with Gasteiger partial charge in [0.05, 0.1) is 0 Å². The molecule has 3 nitrogen and oxygen atoms in total. The Morgan fingerprint density at radius 1 is 1.41 bits per heavy atom. The molecule has 0 radical (unpaired) electrons. The van der Waals surface area contributed by atoms with E-state index in [-0.39, 0.29) is 17.7 Å². The van der Waals surface area contributed by atoms with Crippen molar-refractivity contribution in [2.75, 3.05) is 0 Å². The van der Waals surface area contributed by atoms with E-state index >= 15 is 0 Å². The van der Waals surface area contributed by atoms with Gasteiger partial charge in [-0.15, -0.1) is 0 Å². The third-order valence-corrected chi connectivity index (χ3v) is 3.08. The molecule has 3 heteroatoms. The molecule has 1 aliphatic heterocycles. The van der Waals surface area contributed by atoms with Crippen LogP contribution in [0.1, 0.15) is 42.3 Å². The van der Waals surface area contributed by atoms with Crippen LogP contribution in [0.3, 0.4) is 0 Å². The molecule has 1 aromatic rings. The summed E-state index contributed by atoms with van der Waals surface area (Å²) in [5, 5.41) is 0. The molecule has 0 aromatic heterocycles. The summed E-state index contributed by atoms with van der Waals surface area (Å²) in [5.41, 5.74) is 2.82. The highest BCUT2D eigenvalue weighted by Crippen LogP contribution is 2.25. The van der Waals surface area contributed by atoms with E-state index in [0.29, 0.717) is 13.0 Å². The Balaban J connectivity index is 2.29. The summed E-state index contributed by atoms with van der Waals surface area (Å²) in [6.07, 6.45) is 0.448. The second-order valence-corrected chi connectivity index (χ2v) is 4.90. The Morgan fingerprint density at radius 2 is 2.12 bits per heavy atom. The van der Waals surface area contributed by atoms with Gasteiger partial charge in [-0.05, 0) is 38.0 Å². The van der Waals surface area contributed by atoms with Gasteiger partial charge in [0.1, 0.15) is 5.78 Å². The predicted molar refractivity (Wildman–Crippen MR) is 65.8 cm³/mol. The average molecular weight is 231 g/mol. The molecule has 0 saturated carbocycles. The molecule has 17 heavy (non-hydrogen) atoms. The lowest BCUT2D eigenvalue weighted by molar-refractivity contribution is -0.116. The highest BCUT2D eigenvalue weighted by Gasteiger charge is 2.28. The van der Waals surface area contributed by atoms with Crippen LogP contribution in [0.4, 0.5) is 0 Å². The summed E-state index contributed by atoms with van der Waals surface area (Å²) in [6.45, 7) is 6.27. The minimum Gasteiger partial charge on any atom is -0.332 e. The van der Waals surface area contributed by atoms with E-state index in [1.165, 1.54) is 0 Å². The number of ketones is 1. The maximum Gasteiger partial charge on any atom is 0.254 e. The van der Waals surface area contributed by atoms with E-state index < -0.39 is 0 Å². The number of rotatable bonds is 3. The topological polar surface area (TPSA) is 37.4 Å².